The lowest BCUT2D eigenvalue weighted by Gasteiger charge is -2.30. The molecule has 2 aromatic carbocycles. The summed E-state index contributed by atoms with van der Waals surface area (Å²) in [5.41, 5.74) is 1.51. The van der Waals surface area contributed by atoms with Crippen LogP contribution in [0.25, 0.3) is 10.8 Å². The molecule has 2 aromatic rings. The van der Waals surface area contributed by atoms with Crippen molar-refractivity contribution >= 4 is 16.7 Å². The minimum absolute atomic E-state index is 0.0687. The van der Waals surface area contributed by atoms with Crippen LogP contribution in [-0.2, 0) is 4.79 Å². The third-order valence-electron chi connectivity index (χ3n) is 4.37. The minimum Gasteiger partial charge on any atom is -0.287 e. The maximum Gasteiger partial charge on any atom is 0.409 e. The molecule has 0 unspecified atom stereocenters. The number of rotatable bonds is 2. The highest BCUT2D eigenvalue weighted by atomic mass is 19.4. The summed E-state index contributed by atoms with van der Waals surface area (Å²) in [6.45, 7) is 3.11. The molecule has 0 spiro atoms. The predicted molar refractivity (Wildman–Crippen MR) is 86.1 cm³/mol. The summed E-state index contributed by atoms with van der Waals surface area (Å²) in [5.74, 6) is -0.456. The molecule has 0 bridgehead atoms. The zero-order valence-electron chi connectivity index (χ0n) is 13.7. The fraction of sp³-hybridized carbons (Fsp3) is 0.333. The van der Waals surface area contributed by atoms with E-state index in [1.807, 2.05) is 6.07 Å². The van der Waals surface area contributed by atoms with Crippen LogP contribution >= 0.6 is 0 Å². The first-order valence-electron chi connectivity index (χ1n) is 7.71. The number of hydrogen-bond acceptors (Lipinski definition) is 3. The Labute approximate surface area is 142 Å². The van der Waals surface area contributed by atoms with Gasteiger partial charge in [-0.2, -0.15) is 18.4 Å². The first-order chi connectivity index (χ1) is 11.6. The van der Waals surface area contributed by atoms with E-state index in [0.717, 1.165) is 5.01 Å². The summed E-state index contributed by atoms with van der Waals surface area (Å²) in [7, 11) is 0. The predicted octanol–water partition coefficient (Wildman–Crippen LogP) is 3.69. The van der Waals surface area contributed by atoms with Crippen molar-refractivity contribution in [2.75, 3.05) is 6.54 Å². The SMILES string of the molecule is CC1(C)CN([C@@H](c2cc(C#N)c3ccccc3c2)C(F)(F)F)NC1=O. The topological polar surface area (TPSA) is 56.1 Å². The van der Waals surface area contributed by atoms with E-state index in [9.17, 15) is 23.2 Å². The van der Waals surface area contributed by atoms with Gasteiger partial charge in [-0.1, -0.05) is 24.3 Å². The van der Waals surface area contributed by atoms with Gasteiger partial charge in [0.05, 0.1) is 17.0 Å². The molecule has 1 heterocycles. The van der Waals surface area contributed by atoms with Gasteiger partial charge < -0.3 is 0 Å². The number of amides is 1. The lowest BCUT2D eigenvalue weighted by molar-refractivity contribution is -0.191. The van der Waals surface area contributed by atoms with Gasteiger partial charge in [0.15, 0.2) is 0 Å². The Morgan fingerprint density at radius 2 is 1.96 bits per heavy atom. The molecule has 7 heteroatoms. The van der Waals surface area contributed by atoms with E-state index in [1.165, 1.54) is 12.1 Å². The number of benzene rings is 2. The largest absolute Gasteiger partial charge is 0.409 e. The minimum atomic E-state index is -4.61. The van der Waals surface area contributed by atoms with Gasteiger partial charge in [0.2, 0.25) is 5.91 Å². The molecule has 1 aliphatic heterocycles. The normalized spacial score (nSPS) is 18.8. The number of hydrazine groups is 1. The summed E-state index contributed by atoms with van der Waals surface area (Å²) >= 11 is 0. The van der Waals surface area contributed by atoms with E-state index in [-0.39, 0.29) is 17.7 Å². The van der Waals surface area contributed by atoms with Gasteiger partial charge in [0.25, 0.3) is 0 Å². The van der Waals surface area contributed by atoms with Crippen LogP contribution in [-0.4, -0.2) is 23.6 Å². The fourth-order valence-electron chi connectivity index (χ4n) is 3.10. The van der Waals surface area contributed by atoms with E-state index in [0.29, 0.717) is 10.8 Å². The molecule has 1 atom stereocenters. The van der Waals surface area contributed by atoms with Crippen molar-refractivity contribution in [1.29, 1.82) is 5.26 Å². The molecule has 1 amide bonds. The van der Waals surface area contributed by atoms with Crippen LogP contribution in [0.2, 0.25) is 0 Å². The van der Waals surface area contributed by atoms with Crippen LogP contribution in [0.5, 0.6) is 0 Å². The number of hydrogen-bond donors (Lipinski definition) is 1. The molecule has 25 heavy (non-hydrogen) atoms. The molecule has 1 fully saturated rings. The van der Waals surface area contributed by atoms with Gasteiger partial charge >= 0.3 is 6.18 Å². The smallest absolute Gasteiger partial charge is 0.287 e. The van der Waals surface area contributed by atoms with Crippen LogP contribution in [0.15, 0.2) is 36.4 Å². The number of carbonyl (C=O) groups excluding carboxylic acids is 1. The third kappa shape index (κ3) is 3.05. The molecule has 130 valence electrons. The van der Waals surface area contributed by atoms with Crippen LogP contribution < -0.4 is 5.43 Å². The van der Waals surface area contributed by atoms with Gasteiger partial charge in [0, 0.05) is 6.54 Å². The molecular formula is C18H16F3N3O. The molecule has 0 saturated carbocycles. The number of nitrogens with zero attached hydrogens (tertiary/aromatic N) is 2. The Morgan fingerprint density at radius 1 is 1.28 bits per heavy atom. The molecule has 0 aliphatic carbocycles. The number of alkyl halides is 3. The van der Waals surface area contributed by atoms with Crippen LogP contribution in [0.4, 0.5) is 13.2 Å². The number of halogens is 3. The van der Waals surface area contributed by atoms with Crippen molar-refractivity contribution in [1.82, 2.24) is 10.4 Å². The summed E-state index contributed by atoms with van der Waals surface area (Å²) in [4.78, 5) is 11.9. The Kier molecular flexibility index (Phi) is 3.96. The highest BCUT2D eigenvalue weighted by Gasteiger charge is 2.51. The quantitative estimate of drug-likeness (QED) is 0.901. The molecule has 0 aromatic heterocycles. The zero-order chi connectivity index (χ0) is 18.4. The van der Waals surface area contributed by atoms with E-state index in [4.69, 9.17) is 0 Å². The number of carbonyl (C=O) groups is 1. The van der Waals surface area contributed by atoms with Crippen LogP contribution in [0.3, 0.4) is 0 Å². The molecule has 3 rings (SSSR count). The van der Waals surface area contributed by atoms with Crippen molar-refractivity contribution in [3.63, 3.8) is 0 Å². The molecular weight excluding hydrogens is 331 g/mol. The number of nitriles is 1. The molecule has 4 nitrogen and oxygen atoms in total. The zero-order valence-corrected chi connectivity index (χ0v) is 13.7. The standard InChI is InChI=1S/C18H16F3N3O/c1-17(2)10-24(23-16(17)25)15(18(19,20)21)12-7-11-5-3-4-6-14(11)13(8-12)9-22/h3-8,15H,10H2,1-2H3,(H,23,25)/t15-/m0/s1. The number of fused-ring (bicyclic) bond motifs is 1. The van der Waals surface area contributed by atoms with Crippen molar-refractivity contribution in [2.24, 2.45) is 5.41 Å². The highest BCUT2D eigenvalue weighted by molar-refractivity contribution is 5.88. The second-order valence-corrected chi connectivity index (χ2v) is 6.80. The van der Waals surface area contributed by atoms with Crippen molar-refractivity contribution < 1.29 is 18.0 Å². The van der Waals surface area contributed by atoms with Gasteiger partial charge in [0.1, 0.15) is 6.04 Å². The second-order valence-electron chi connectivity index (χ2n) is 6.80. The summed E-state index contributed by atoms with van der Waals surface area (Å²) in [6, 6.07) is 9.41. The average Bonchev–Trinajstić information content (AvgIpc) is 2.78. The first kappa shape index (κ1) is 17.2. The monoisotopic (exact) mass is 347 g/mol. The van der Waals surface area contributed by atoms with Crippen LogP contribution in [0.1, 0.15) is 31.0 Å². The average molecular weight is 347 g/mol. The Hall–Kier alpha value is -2.59. The van der Waals surface area contributed by atoms with Crippen molar-refractivity contribution in [3.05, 3.63) is 47.5 Å². The summed E-state index contributed by atoms with van der Waals surface area (Å²) in [5, 5.41) is 11.4. The van der Waals surface area contributed by atoms with Gasteiger partial charge in [-0.15, -0.1) is 0 Å². The van der Waals surface area contributed by atoms with E-state index < -0.39 is 23.5 Å². The Bertz CT molecular complexity index is 883. The van der Waals surface area contributed by atoms with Gasteiger partial charge in [-0.3, -0.25) is 10.2 Å². The first-order valence-corrected chi connectivity index (χ1v) is 7.71. The third-order valence-corrected chi connectivity index (χ3v) is 4.37. The molecule has 1 saturated heterocycles. The Morgan fingerprint density at radius 3 is 2.52 bits per heavy atom. The van der Waals surface area contributed by atoms with Crippen molar-refractivity contribution in [2.45, 2.75) is 26.1 Å². The molecule has 1 aliphatic rings. The summed E-state index contributed by atoms with van der Waals surface area (Å²) in [6.07, 6.45) is -4.61. The lowest BCUT2D eigenvalue weighted by Crippen LogP contribution is -2.43. The highest BCUT2D eigenvalue weighted by Crippen LogP contribution is 2.41. The lowest BCUT2D eigenvalue weighted by atomic mass is 9.93. The van der Waals surface area contributed by atoms with Gasteiger partial charge in [-0.25, -0.2) is 5.01 Å². The van der Waals surface area contributed by atoms with E-state index in [2.05, 4.69) is 5.43 Å². The molecule has 0 radical (unpaired) electrons. The molecule has 1 N–H and O–H groups in total. The maximum absolute atomic E-state index is 13.8. The van der Waals surface area contributed by atoms with E-state index in [1.54, 1.807) is 38.1 Å². The van der Waals surface area contributed by atoms with Crippen LogP contribution in [0, 0.1) is 16.7 Å². The maximum atomic E-state index is 13.8. The van der Waals surface area contributed by atoms with E-state index >= 15 is 0 Å². The number of nitrogens with one attached hydrogen (secondary N) is 1. The summed E-state index contributed by atoms with van der Waals surface area (Å²) < 4.78 is 41.4. The Balaban J connectivity index is 2.14. The van der Waals surface area contributed by atoms with Gasteiger partial charge in [-0.05, 0) is 42.3 Å². The van der Waals surface area contributed by atoms with Crippen molar-refractivity contribution in [3.8, 4) is 6.07 Å². The second kappa shape index (κ2) is 5.74. The fourth-order valence-corrected chi connectivity index (χ4v) is 3.10.